The lowest BCUT2D eigenvalue weighted by Crippen LogP contribution is -2.38. The van der Waals surface area contributed by atoms with Gasteiger partial charge in [-0.25, -0.2) is 0 Å². The number of nitrogens with one attached hydrogen (secondary N) is 1. The van der Waals surface area contributed by atoms with Crippen LogP contribution in [0.2, 0.25) is 0 Å². The second kappa shape index (κ2) is 4.27. The van der Waals surface area contributed by atoms with Crippen molar-refractivity contribution in [2.24, 2.45) is 0 Å². The molecule has 0 fully saturated rings. The van der Waals surface area contributed by atoms with E-state index in [0.29, 0.717) is 6.04 Å². The normalized spacial score (nSPS) is 23.4. The van der Waals surface area contributed by atoms with Crippen LogP contribution in [0.1, 0.15) is 23.7 Å². The molecule has 2 atom stereocenters. The van der Waals surface area contributed by atoms with Crippen LogP contribution >= 0.6 is 15.9 Å². The van der Waals surface area contributed by atoms with Crippen LogP contribution in [-0.4, -0.2) is 6.04 Å². The highest BCUT2D eigenvalue weighted by Crippen LogP contribution is 2.45. The molecule has 0 aromatic heterocycles. The predicted octanol–water partition coefficient (Wildman–Crippen LogP) is 4.31. The first-order valence-corrected chi connectivity index (χ1v) is 7.42. The van der Waals surface area contributed by atoms with E-state index >= 15 is 0 Å². The van der Waals surface area contributed by atoms with Crippen LogP contribution in [0, 0.1) is 0 Å². The first-order chi connectivity index (χ1) is 9.33. The molecule has 1 aliphatic carbocycles. The van der Waals surface area contributed by atoms with Gasteiger partial charge in [0.2, 0.25) is 0 Å². The van der Waals surface area contributed by atoms with Crippen molar-refractivity contribution >= 4 is 21.6 Å². The molecule has 3 heteroatoms. The molecule has 96 valence electrons. The SMILES string of the molecule is Brc1cccc2c1OC1c3ccccc3CCC1N2. The highest BCUT2D eigenvalue weighted by molar-refractivity contribution is 9.10. The summed E-state index contributed by atoms with van der Waals surface area (Å²) in [7, 11) is 0. The second-order valence-electron chi connectivity index (χ2n) is 5.14. The number of rotatable bonds is 0. The summed E-state index contributed by atoms with van der Waals surface area (Å²) in [6.45, 7) is 0. The van der Waals surface area contributed by atoms with E-state index in [1.54, 1.807) is 0 Å². The third-order valence-electron chi connectivity index (χ3n) is 4.00. The average Bonchev–Trinajstić information content (AvgIpc) is 2.46. The van der Waals surface area contributed by atoms with E-state index < -0.39 is 0 Å². The van der Waals surface area contributed by atoms with Gasteiger partial charge in [-0.15, -0.1) is 0 Å². The van der Waals surface area contributed by atoms with E-state index in [9.17, 15) is 0 Å². The Hall–Kier alpha value is -1.48. The third kappa shape index (κ3) is 1.76. The minimum absolute atomic E-state index is 0.121. The van der Waals surface area contributed by atoms with Crippen LogP contribution in [0.3, 0.4) is 0 Å². The maximum atomic E-state index is 6.28. The highest BCUT2D eigenvalue weighted by Gasteiger charge is 2.35. The number of aryl methyl sites for hydroxylation is 1. The van der Waals surface area contributed by atoms with Gasteiger partial charge >= 0.3 is 0 Å². The molecule has 1 N–H and O–H groups in total. The van der Waals surface area contributed by atoms with Crippen molar-refractivity contribution in [3.05, 3.63) is 58.1 Å². The van der Waals surface area contributed by atoms with Crippen LogP contribution in [-0.2, 0) is 6.42 Å². The highest BCUT2D eigenvalue weighted by atomic mass is 79.9. The zero-order valence-electron chi connectivity index (χ0n) is 10.4. The van der Waals surface area contributed by atoms with Crippen LogP contribution in [0.15, 0.2) is 46.9 Å². The Morgan fingerprint density at radius 1 is 1.11 bits per heavy atom. The average molecular weight is 316 g/mol. The molecule has 2 aliphatic rings. The summed E-state index contributed by atoms with van der Waals surface area (Å²) in [6.07, 6.45) is 2.36. The van der Waals surface area contributed by atoms with Gasteiger partial charge in [-0.1, -0.05) is 30.3 Å². The number of hydrogen-bond acceptors (Lipinski definition) is 2. The topological polar surface area (TPSA) is 21.3 Å². The Bertz CT molecular complexity index is 640. The molecule has 2 unspecified atom stereocenters. The van der Waals surface area contributed by atoms with Gasteiger partial charge < -0.3 is 10.1 Å². The van der Waals surface area contributed by atoms with E-state index in [1.807, 2.05) is 12.1 Å². The third-order valence-corrected chi connectivity index (χ3v) is 4.63. The molecule has 19 heavy (non-hydrogen) atoms. The maximum absolute atomic E-state index is 6.28. The number of halogens is 1. The van der Waals surface area contributed by atoms with E-state index in [1.165, 1.54) is 11.1 Å². The zero-order valence-corrected chi connectivity index (χ0v) is 12.0. The van der Waals surface area contributed by atoms with Crippen molar-refractivity contribution in [3.8, 4) is 5.75 Å². The summed E-state index contributed by atoms with van der Waals surface area (Å²) in [5, 5.41) is 3.63. The fourth-order valence-corrected chi connectivity index (χ4v) is 3.54. The van der Waals surface area contributed by atoms with Crippen molar-refractivity contribution < 1.29 is 4.74 Å². The molecular formula is C16H14BrNO. The molecule has 4 rings (SSSR count). The Morgan fingerprint density at radius 3 is 2.95 bits per heavy atom. The summed E-state index contributed by atoms with van der Waals surface area (Å²) in [5.41, 5.74) is 3.84. The number of fused-ring (bicyclic) bond motifs is 4. The monoisotopic (exact) mass is 315 g/mol. The molecule has 0 spiro atoms. The Labute approximate surface area is 120 Å². The summed E-state index contributed by atoms with van der Waals surface area (Å²) in [5.74, 6) is 0.931. The molecule has 2 aromatic carbocycles. The molecule has 1 heterocycles. The second-order valence-corrected chi connectivity index (χ2v) is 6.00. The van der Waals surface area contributed by atoms with Gasteiger partial charge in [0, 0.05) is 0 Å². The van der Waals surface area contributed by atoms with Crippen LogP contribution in [0.5, 0.6) is 5.75 Å². The van der Waals surface area contributed by atoms with E-state index in [-0.39, 0.29) is 6.10 Å². The van der Waals surface area contributed by atoms with Crippen molar-refractivity contribution in [1.29, 1.82) is 0 Å². The lowest BCUT2D eigenvalue weighted by Gasteiger charge is -2.39. The summed E-state index contributed by atoms with van der Waals surface area (Å²) >= 11 is 3.57. The van der Waals surface area contributed by atoms with E-state index in [0.717, 1.165) is 28.8 Å². The first kappa shape index (κ1) is 11.4. The molecular weight excluding hydrogens is 302 g/mol. The summed E-state index contributed by atoms with van der Waals surface area (Å²) in [4.78, 5) is 0. The molecule has 0 amide bonds. The van der Waals surface area contributed by atoms with Gasteiger partial charge in [0.1, 0.15) is 6.10 Å². The number of benzene rings is 2. The van der Waals surface area contributed by atoms with Crippen molar-refractivity contribution in [1.82, 2.24) is 0 Å². The molecule has 1 aliphatic heterocycles. The smallest absolute Gasteiger partial charge is 0.157 e. The minimum atomic E-state index is 0.121. The quantitative estimate of drug-likeness (QED) is 0.782. The predicted molar refractivity (Wildman–Crippen MR) is 79.7 cm³/mol. The zero-order chi connectivity index (χ0) is 12.8. The molecule has 0 saturated heterocycles. The van der Waals surface area contributed by atoms with Crippen molar-refractivity contribution in [2.75, 3.05) is 5.32 Å². The molecule has 0 radical (unpaired) electrons. The first-order valence-electron chi connectivity index (χ1n) is 6.62. The largest absolute Gasteiger partial charge is 0.480 e. The van der Waals surface area contributed by atoms with Crippen LogP contribution < -0.4 is 10.1 Å². The lowest BCUT2D eigenvalue weighted by atomic mass is 9.85. The Kier molecular flexibility index (Phi) is 2.55. The van der Waals surface area contributed by atoms with Crippen molar-refractivity contribution in [2.45, 2.75) is 25.0 Å². The lowest BCUT2D eigenvalue weighted by molar-refractivity contribution is 0.156. The van der Waals surface area contributed by atoms with Gasteiger partial charge in [0.05, 0.1) is 16.2 Å². The number of hydrogen-bond donors (Lipinski definition) is 1. The van der Waals surface area contributed by atoms with Crippen LogP contribution in [0.25, 0.3) is 0 Å². The fourth-order valence-electron chi connectivity index (χ4n) is 3.08. The fraction of sp³-hybridized carbons (Fsp3) is 0.250. The number of ether oxygens (including phenoxy) is 1. The van der Waals surface area contributed by atoms with Gasteiger partial charge in [-0.3, -0.25) is 0 Å². The standard InChI is InChI=1S/C16H14BrNO/c17-12-6-3-7-13-16(12)19-15-11-5-2-1-4-10(11)8-9-14(15)18-13/h1-7,14-15,18H,8-9H2. The molecule has 0 saturated carbocycles. The molecule has 2 nitrogen and oxygen atoms in total. The Morgan fingerprint density at radius 2 is 2.00 bits per heavy atom. The van der Waals surface area contributed by atoms with Gasteiger partial charge in [0.25, 0.3) is 0 Å². The molecule has 0 bridgehead atoms. The maximum Gasteiger partial charge on any atom is 0.157 e. The van der Waals surface area contributed by atoms with Crippen molar-refractivity contribution in [3.63, 3.8) is 0 Å². The summed E-state index contributed by atoms with van der Waals surface area (Å²) < 4.78 is 7.30. The van der Waals surface area contributed by atoms with Gasteiger partial charge in [-0.2, -0.15) is 0 Å². The van der Waals surface area contributed by atoms with Crippen LogP contribution in [0.4, 0.5) is 5.69 Å². The summed E-state index contributed by atoms with van der Waals surface area (Å²) in [6, 6.07) is 15.1. The number of anilines is 1. The molecule has 2 aromatic rings. The van der Waals surface area contributed by atoms with Gasteiger partial charge in [-0.05, 0) is 52.0 Å². The minimum Gasteiger partial charge on any atom is -0.480 e. The number of para-hydroxylation sites is 1. The van der Waals surface area contributed by atoms with E-state index in [2.05, 4.69) is 51.6 Å². The Balaban J connectivity index is 1.81. The van der Waals surface area contributed by atoms with Gasteiger partial charge in [0.15, 0.2) is 5.75 Å². The van der Waals surface area contributed by atoms with E-state index in [4.69, 9.17) is 4.74 Å².